The molecule has 0 bridgehead atoms. The summed E-state index contributed by atoms with van der Waals surface area (Å²) >= 11 is 1.60. The first-order chi connectivity index (χ1) is 16.2. The van der Waals surface area contributed by atoms with Crippen molar-refractivity contribution < 1.29 is 9.53 Å². The highest BCUT2D eigenvalue weighted by Crippen LogP contribution is 2.24. The number of amides is 1. The minimum atomic E-state index is 0.00155. The molecule has 4 rings (SSSR count). The predicted molar refractivity (Wildman–Crippen MR) is 132 cm³/mol. The molecule has 0 atom stereocenters. The minimum Gasteiger partial charge on any atom is -0.493 e. The molecule has 1 N–H and O–H groups in total. The van der Waals surface area contributed by atoms with Gasteiger partial charge in [-0.25, -0.2) is 0 Å². The molecule has 33 heavy (non-hydrogen) atoms. The van der Waals surface area contributed by atoms with E-state index < -0.39 is 0 Å². The fourth-order valence-electron chi connectivity index (χ4n) is 3.33. The van der Waals surface area contributed by atoms with E-state index in [9.17, 15) is 4.79 Å². The standard InChI is InChI=1S/C26H26N4O2S/c1-30-25(28-29-26(30)33-19-18-32-23-10-6-3-7-11-23)21-13-15-22(16-14-21)27-24(31)17-12-20-8-4-2-5-9-20/h2-11,13-16H,12,17-19H2,1H3,(H,27,31). The van der Waals surface area contributed by atoms with Crippen molar-refractivity contribution in [2.45, 2.75) is 18.0 Å². The molecule has 0 aliphatic rings. The molecule has 1 heterocycles. The van der Waals surface area contributed by atoms with E-state index >= 15 is 0 Å². The van der Waals surface area contributed by atoms with Crippen molar-refractivity contribution in [2.24, 2.45) is 7.05 Å². The first kappa shape index (κ1) is 22.6. The second kappa shape index (κ2) is 11.3. The highest BCUT2D eigenvalue weighted by atomic mass is 32.2. The van der Waals surface area contributed by atoms with Crippen molar-refractivity contribution in [1.82, 2.24) is 14.8 Å². The Balaban J connectivity index is 1.27. The summed E-state index contributed by atoms with van der Waals surface area (Å²) in [5.74, 6) is 2.42. The average Bonchev–Trinajstić information content (AvgIpc) is 3.22. The fourth-order valence-corrected chi connectivity index (χ4v) is 4.06. The Morgan fingerprint density at radius 1 is 0.939 bits per heavy atom. The van der Waals surface area contributed by atoms with Gasteiger partial charge in [-0.3, -0.25) is 4.79 Å². The molecular weight excluding hydrogens is 432 g/mol. The molecule has 6 nitrogen and oxygen atoms in total. The molecule has 0 radical (unpaired) electrons. The van der Waals surface area contributed by atoms with Crippen LogP contribution in [0.3, 0.4) is 0 Å². The van der Waals surface area contributed by atoms with Crippen molar-refractivity contribution in [3.63, 3.8) is 0 Å². The number of carbonyl (C=O) groups is 1. The lowest BCUT2D eigenvalue weighted by atomic mass is 10.1. The zero-order chi connectivity index (χ0) is 22.9. The van der Waals surface area contributed by atoms with E-state index in [4.69, 9.17) is 4.74 Å². The van der Waals surface area contributed by atoms with Crippen LogP contribution in [0.15, 0.2) is 90.1 Å². The predicted octanol–water partition coefficient (Wildman–Crippen LogP) is 5.22. The van der Waals surface area contributed by atoms with E-state index in [1.165, 1.54) is 0 Å². The number of carbonyl (C=O) groups excluding carboxylic acids is 1. The van der Waals surface area contributed by atoms with Crippen LogP contribution in [0.5, 0.6) is 5.75 Å². The number of benzene rings is 3. The molecule has 168 valence electrons. The summed E-state index contributed by atoms with van der Waals surface area (Å²) in [4.78, 5) is 12.3. The molecule has 3 aromatic carbocycles. The largest absolute Gasteiger partial charge is 0.493 e. The third-order valence-corrected chi connectivity index (χ3v) is 6.06. The zero-order valence-corrected chi connectivity index (χ0v) is 19.3. The number of rotatable bonds is 10. The molecule has 0 unspecified atom stereocenters. The molecule has 1 amide bonds. The molecule has 0 saturated carbocycles. The van der Waals surface area contributed by atoms with Crippen LogP contribution in [0.4, 0.5) is 5.69 Å². The summed E-state index contributed by atoms with van der Waals surface area (Å²) in [5, 5.41) is 12.4. The zero-order valence-electron chi connectivity index (χ0n) is 18.5. The number of thioether (sulfide) groups is 1. The van der Waals surface area contributed by atoms with Crippen LogP contribution >= 0.6 is 11.8 Å². The van der Waals surface area contributed by atoms with Crippen LogP contribution in [0.25, 0.3) is 11.4 Å². The number of aryl methyl sites for hydroxylation is 1. The minimum absolute atomic E-state index is 0.00155. The van der Waals surface area contributed by atoms with Crippen molar-refractivity contribution >= 4 is 23.4 Å². The topological polar surface area (TPSA) is 69.0 Å². The summed E-state index contributed by atoms with van der Waals surface area (Å²) < 4.78 is 7.71. The number of nitrogens with zero attached hydrogens (tertiary/aromatic N) is 3. The lowest BCUT2D eigenvalue weighted by molar-refractivity contribution is -0.116. The Bertz CT molecular complexity index is 1160. The van der Waals surface area contributed by atoms with Gasteiger partial charge in [-0.05, 0) is 48.4 Å². The summed E-state index contributed by atoms with van der Waals surface area (Å²) in [5.41, 5.74) is 2.87. The second-order valence-corrected chi connectivity index (χ2v) is 8.55. The van der Waals surface area contributed by atoms with Gasteiger partial charge in [-0.2, -0.15) is 0 Å². The monoisotopic (exact) mass is 458 g/mol. The van der Waals surface area contributed by atoms with Gasteiger partial charge in [0.1, 0.15) is 5.75 Å². The summed E-state index contributed by atoms with van der Waals surface area (Å²) in [6.45, 7) is 0.593. The maximum Gasteiger partial charge on any atom is 0.224 e. The van der Waals surface area contributed by atoms with Crippen LogP contribution in [-0.2, 0) is 18.3 Å². The Morgan fingerprint density at radius 3 is 2.36 bits per heavy atom. The SMILES string of the molecule is Cn1c(SCCOc2ccccc2)nnc1-c1ccc(NC(=O)CCc2ccccc2)cc1. The van der Waals surface area contributed by atoms with Gasteiger partial charge in [-0.15, -0.1) is 10.2 Å². The molecule has 0 spiro atoms. The average molecular weight is 459 g/mol. The van der Waals surface area contributed by atoms with Crippen LogP contribution in [-0.4, -0.2) is 33.0 Å². The molecule has 0 aliphatic carbocycles. The molecule has 0 fully saturated rings. The normalized spacial score (nSPS) is 10.7. The number of nitrogens with one attached hydrogen (secondary N) is 1. The molecule has 0 aliphatic heterocycles. The first-order valence-electron chi connectivity index (χ1n) is 10.8. The van der Waals surface area contributed by atoms with E-state index in [-0.39, 0.29) is 5.91 Å². The molecule has 1 aromatic heterocycles. The van der Waals surface area contributed by atoms with Gasteiger partial charge in [0.15, 0.2) is 11.0 Å². The maximum atomic E-state index is 12.3. The van der Waals surface area contributed by atoms with Crippen molar-refractivity contribution in [1.29, 1.82) is 0 Å². The fraction of sp³-hybridized carbons (Fsp3) is 0.192. The highest BCUT2D eigenvalue weighted by Gasteiger charge is 2.12. The number of para-hydroxylation sites is 1. The number of aromatic nitrogens is 3. The lowest BCUT2D eigenvalue weighted by Crippen LogP contribution is -2.12. The van der Waals surface area contributed by atoms with Crippen molar-refractivity contribution in [3.8, 4) is 17.1 Å². The maximum absolute atomic E-state index is 12.3. The van der Waals surface area contributed by atoms with Gasteiger partial charge in [-0.1, -0.05) is 60.3 Å². The summed E-state index contributed by atoms with van der Waals surface area (Å²) in [6, 6.07) is 27.5. The van der Waals surface area contributed by atoms with Gasteiger partial charge >= 0.3 is 0 Å². The van der Waals surface area contributed by atoms with Crippen LogP contribution < -0.4 is 10.1 Å². The number of hydrogen-bond acceptors (Lipinski definition) is 5. The Morgan fingerprint density at radius 2 is 1.64 bits per heavy atom. The highest BCUT2D eigenvalue weighted by molar-refractivity contribution is 7.99. The Hall–Kier alpha value is -3.58. The second-order valence-electron chi connectivity index (χ2n) is 7.49. The van der Waals surface area contributed by atoms with Crippen LogP contribution in [0.2, 0.25) is 0 Å². The van der Waals surface area contributed by atoms with Gasteiger partial charge in [0, 0.05) is 30.5 Å². The summed E-state index contributed by atoms with van der Waals surface area (Å²) in [7, 11) is 1.95. The smallest absolute Gasteiger partial charge is 0.224 e. The summed E-state index contributed by atoms with van der Waals surface area (Å²) in [6.07, 6.45) is 1.17. The van der Waals surface area contributed by atoms with Crippen molar-refractivity contribution in [3.05, 3.63) is 90.5 Å². The number of anilines is 1. The van der Waals surface area contributed by atoms with E-state index in [0.29, 0.717) is 13.0 Å². The number of hydrogen-bond donors (Lipinski definition) is 1. The van der Waals surface area contributed by atoms with Crippen LogP contribution in [0, 0.1) is 0 Å². The Kier molecular flexibility index (Phi) is 7.76. The quantitative estimate of drug-likeness (QED) is 0.260. The Labute approximate surface area is 198 Å². The van der Waals surface area contributed by atoms with Gasteiger partial charge in [0.2, 0.25) is 5.91 Å². The third kappa shape index (κ3) is 6.46. The van der Waals surface area contributed by atoms with E-state index in [1.54, 1.807) is 11.8 Å². The first-order valence-corrected chi connectivity index (χ1v) is 11.8. The van der Waals surface area contributed by atoms with Gasteiger partial charge < -0.3 is 14.6 Å². The molecular formula is C26H26N4O2S. The van der Waals surface area contributed by atoms with Crippen LogP contribution in [0.1, 0.15) is 12.0 Å². The lowest BCUT2D eigenvalue weighted by Gasteiger charge is -2.08. The molecule has 7 heteroatoms. The molecule has 4 aromatic rings. The van der Waals surface area contributed by atoms with Gasteiger partial charge in [0.05, 0.1) is 6.61 Å². The van der Waals surface area contributed by atoms with Gasteiger partial charge in [0.25, 0.3) is 0 Å². The van der Waals surface area contributed by atoms with E-state index in [2.05, 4.69) is 15.5 Å². The van der Waals surface area contributed by atoms with Crippen molar-refractivity contribution in [2.75, 3.05) is 17.7 Å². The van der Waals surface area contributed by atoms with E-state index in [0.717, 1.165) is 45.7 Å². The molecule has 0 saturated heterocycles. The third-order valence-electron chi connectivity index (χ3n) is 5.07. The number of ether oxygens (including phenoxy) is 1. The van der Waals surface area contributed by atoms with E-state index in [1.807, 2.05) is 96.5 Å².